The summed E-state index contributed by atoms with van der Waals surface area (Å²) < 4.78 is 1.91. The molecular weight excluding hydrogens is 475 g/mol. The van der Waals surface area contributed by atoms with Crippen molar-refractivity contribution >= 4 is 82.3 Å². The van der Waals surface area contributed by atoms with E-state index >= 15 is 0 Å². The second kappa shape index (κ2) is 5.93. The molecule has 1 atom stereocenters. The van der Waals surface area contributed by atoms with Crippen molar-refractivity contribution < 1.29 is 0 Å². The van der Waals surface area contributed by atoms with Crippen molar-refractivity contribution in [3.05, 3.63) is 53.0 Å². The zero-order chi connectivity index (χ0) is 12.6. The molecule has 0 radical (unpaired) electrons. The maximum Gasteiger partial charge on any atom is 0.0887 e. The lowest BCUT2D eigenvalue weighted by molar-refractivity contribution is 1.22. The van der Waals surface area contributed by atoms with E-state index in [2.05, 4.69) is 47.8 Å². The first-order chi connectivity index (χ1) is 7.97. The fourth-order valence-corrected chi connectivity index (χ4v) is 4.69. The van der Waals surface area contributed by atoms with Gasteiger partial charge >= 0.3 is 0 Å². The topological polar surface area (TPSA) is 0 Å². The third-order valence-electron chi connectivity index (χ3n) is 2.09. The number of rotatable bonds is 2. The molecule has 0 bridgehead atoms. The molecule has 1 aromatic heterocycles. The van der Waals surface area contributed by atoms with E-state index in [0.717, 1.165) is 23.7 Å². The first-order valence-electron chi connectivity index (χ1n) is 4.52. The highest BCUT2D eigenvalue weighted by molar-refractivity contribution is 9.11. The van der Waals surface area contributed by atoms with E-state index in [9.17, 15) is 0 Å². The Morgan fingerprint density at radius 2 is 1.76 bits per heavy atom. The molecular formula is C11H5Br3Cl2S. The minimum absolute atomic E-state index is 0.0892. The fraction of sp³-hybridized carbons (Fsp3) is 0.0909. The first kappa shape index (κ1) is 14.4. The first-order valence-corrected chi connectivity index (χ1v) is 8.59. The van der Waals surface area contributed by atoms with Crippen molar-refractivity contribution in [3.63, 3.8) is 0 Å². The van der Waals surface area contributed by atoms with Crippen LogP contribution in [0.25, 0.3) is 0 Å². The molecule has 0 saturated carbocycles. The van der Waals surface area contributed by atoms with Crippen molar-refractivity contribution in [2.45, 2.75) is 4.83 Å². The van der Waals surface area contributed by atoms with Crippen LogP contribution >= 0.6 is 82.3 Å². The molecule has 0 amide bonds. The SMILES string of the molecule is Clc1cc(Br)cc(C(Br)c2cc(Cl)c(Br)s2)c1. The zero-order valence-corrected chi connectivity index (χ0v) is 15.3. The predicted molar refractivity (Wildman–Crippen MR) is 87.0 cm³/mol. The van der Waals surface area contributed by atoms with Crippen molar-refractivity contribution in [2.75, 3.05) is 0 Å². The highest BCUT2D eigenvalue weighted by Gasteiger charge is 2.16. The summed E-state index contributed by atoms with van der Waals surface area (Å²) in [4.78, 5) is 1.22. The number of halogens is 5. The Morgan fingerprint density at radius 3 is 2.29 bits per heavy atom. The van der Waals surface area contributed by atoms with E-state index in [1.165, 1.54) is 0 Å². The third kappa shape index (κ3) is 3.48. The Hall–Kier alpha value is 0.940. The molecule has 0 N–H and O–H groups in total. The molecule has 1 unspecified atom stereocenters. The highest BCUT2D eigenvalue weighted by Crippen LogP contribution is 2.42. The summed E-state index contributed by atoms with van der Waals surface area (Å²) >= 11 is 24.2. The standard InChI is InChI=1S/C11H5Br3Cl2S/c12-6-1-5(2-7(15)3-6)10(13)9-4-8(16)11(14)17-9/h1-4,10H. The molecule has 1 aromatic carbocycles. The van der Waals surface area contributed by atoms with Crippen LogP contribution in [-0.4, -0.2) is 0 Å². The van der Waals surface area contributed by atoms with Crippen LogP contribution in [0, 0.1) is 0 Å². The fourth-order valence-electron chi connectivity index (χ4n) is 1.37. The lowest BCUT2D eigenvalue weighted by Gasteiger charge is -2.09. The Labute approximate surface area is 139 Å². The van der Waals surface area contributed by atoms with Gasteiger partial charge < -0.3 is 0 Å². The molecule has 0 aliphatic heterocycles. The van der Waals surface area contributed by atoms with E-state index in [4.69, 9.17) is 23.2 Å². The van der Waals surface area contributed by atoms with Gasteiger partial charge in [-0.2, -0.15) is 0 Å². The normalized spacial score (nSPS) is 12.8. The molecule has 0 aliphatic rings. The molecule has 6 heteroatoms. The monoisotopic (exact) mass is 476 g/mol. The van der Waals surface area contributed by atoms with E-state index < -0.39 is 0 Å². The Kier molecular flexibility index (Phi) is 5.01. The van der Waals surface area contributed by atoms with Crippen molar-refractivity contribution in [2.24, 2.45) is 0 Å². The van der Waals surface area contributed by atoms with Crippen LogP contribution in [0.15, 0.2) is 32.5 Å². The van der Waals surface area contributed by atoms with E-state index in [1.807, 2.05) is 24.3 Å². The van der Waals surface area contributed by atoms with Gasteiger partial charge in [0, 0.05) is 14.4 Å². The number of benzene rings is 1. The molecule has 2 aromatic rings. The molecule has 2 rings (SSSR count). The molecule has 1 heterocycles. The summed E-state index contributed by atoms with van der Waals surface area (Å²) in [6, 6.07) is 7.78. The maximum atomic E-state index is 6.04. The Morgan fingerprint density at radius 1 is 1.06 bits per heavy atom. The lowest BCUT2D eigenvalue weighted by Crippen LogP contribution is -1.89. The maximum absolute atomic E-state index is 6.04. The predicted octanol–water partition coefficient (Wildman–Crippen LogP) is 7.06. The van der Waals surface area contributed by atoms with Crippen molar-refractivity contribution in [1.29, 1.82) is 0 Å². The molecule has 90 valence electrons. The molecule has 0 aliphatic carbocycles. The van der Waals surface area contributed by atoms with Crippen LogP contribution in [0.3, 0.4) is 0 Å². The lowest BCUT2D eigenvalue weighted by atomic mass is 10.1. The number of alkyl halides is 1. The summed E-state index contributed by atoms with van der Waals surface area (Å²) in [5, 5.41) is 1.44. The third-order valence-corrected chi connectivity index (χ3v) is 6.63. The number of thiophene rings is 1. The van der Waals surface area contributed by atoms with Crippen LogP contribution in [-0.2, 0) is 0 Å². The van der Waals surface area contributed by atoms with Gasteiger partial charge in [-0.25, -0.2) is 0 Å². The second-order valence-electron chi connectivity index (χ2n) is 3.34. The van der Waals surface area contributed by atoms with Gasteiger partial charge in [0.15, 0.2) is 0 Å². The van der Waals surface area contributed by atoms with Gasteiger partial charge in [0.05, 0.1) is 13.6 Å². The summed E-state index contributed by atoms with van der Waals surface area (Å²) in [7, 11) is 0. The van der Waals surface area contributed by atoms with Gasteiger partial charge in [0.25, 0.3) is 0 Å². The Balaban J connectivity index is 2.39. The molecule has 0 nitrogen and oxygen atoms in total. The van der Waals surface area contributed by atoms with Gasteiger partial charge in [0.2, 0.25) is 0 Å². The largest absolute Gasteiger partial charge is 0.130 e. The van der Waals surface area contributed by atoms with Gasteiger partial charge in [-0.1, -0.05) is 55.1 Å². The smallest absolute Gasteiger partial charge is 0.0887 e. The van der Waals surface area contributed by atoms with Gasteiger partial charge in [0.1, 0.15) is 0 Å². The molecule has 0 saturated heterocycles. The van der Waals surface area contributed by atoms with Gasteiger partial charge in [-0.15, -0.1) is 11.3 Å². The van der Waals surface area contributed by atoms with Gasteiger partial charge in [-0.05, 0) is 45.8 Å². The minimum Gasteiger partial charge on any atom is -0.130 e. The van der Waals surface area contributed by atoms with E-state index in [1.54, 1.807) is 11.3 Å². The summed E-state index contributed by atoms with van der Waals surface area (Å²) in [6.07, 6.45) is 0. The van der Waals surface area contributed by atoms with Crippen LogP contribution < -0.4 is 0 Å². The second-order valence-corrected chi connectivity index (χ2v) is 8.41. The summed E-state index contributed by atoms with van der Waals surface area (Å²) in [5.74, 6) is 0. The summed E-state index contributed by atoms with van der Waals surface area (Å²) in [6.45, 7) is 0. The average molecular weight is 480 g/mol. The number of hydrogen-bond donors (Lipinski definition) is 0. The summed E-state index contributed by atoms with van der Waals surface area (Å²) in [5.41, 5.74) is 1.09. The quantitative estimate of drug-likeness (QED) is 0.404. The van der Waals surface area contributed by atoms with Crippen LogP contribution in [0.4, 0.5) is 0 Å². The zero-order valence-electron chi connectivity index (χ0n) is 8.18. The molecule has 17 heavy (non-hydrogen) atoms. The molecule has 0 spiro atoms. The Bertz CT molecular complexity index is 514. The minimum atomic E-state index is 0.0892. The number of hydrogen-bond acceptors (Lipinski definition) is 1. The van der Waals surface area contributed by atoms with Crippen LogP contribution in [0.5, 0.6) is 0 Å². The highest BCUT2D eigenvalue weighted by atomic mass is 79.9. The molecule has 0 fully saturated rings. The van der Waals surface area contributed by atoms with E-state index in [-0.39, 0.29) is 4.83 Å². The van der Waals surface area contributed by atoms with Crippen LogP contribution in [0.2, 0.25) is 10.0 Å². The van der Waals surface area contributed by atoms with Crippen molar-refractivity contribution in [3.8, 4) is 0 Å². The van der Waals surface area contributed by atoms with Crippen LogP contribution in [0.1, 0.15) is 15.3 Å². The van der Waals surface area contributed by atoms with E-state index in [0.29, 0.717) is 5.02 Å². The average Bonchev–Trinajstić information content (AvgIpc) is 2.57. The van der Waals surface area contributed by atoms with Crippen molar-refractivity contribution in [1.82, 2.24) is 0 Å². The van der Waals surface area contributed by atoms with Gasteiger partial charge in [-0.3, -0.25) is 0 Å².